The van der Waals surface area contributed by atoms with Crippen LogP contribution in [0, 0.1) is 0 Å². The molecule has 0 amide bonds. The van der Waals surface area contributed by atoms with Crippen molar-refractivity contribution in [3.63, 3.8) is 0 Å². The van der Waals surface area contributed by atoms with Gasteiger partial charge in [-0.2, -0.15) is 0 Å². The van der Waals surface area contributed by atoms with Gasteiger partial charge >= 0.3 is 0 Å². The quantitative estimate of drug-likeness (QED) is 0.860. The van der Waals surface area contributed by atoms with E-state index in [0.717, 1.165) is 17.1 Å². The lowest BCUT2D eigenvalue weighted by molar-refractivity contribution is -0.0141. The predicted molar refractivity (Wildman–Crippen MR) is 77.1 cm³/mol. The van der Waals surface area contributed by atoms with Crippen molar-refractivity contribution < 1.29 is 14.2 Å². The van der Waals surface area contributed by atoms with Crippen LogP contribution < -0.4 is 14.8 Å². The first-order valence-corrected chi connectivity index (χ1v) is 6.44. The van der Waals surface area contributed by atoms with Gasteiger partial charge in [0.2, 0.25) is 0 Å². The molecule has 1 atom stereocenters. The van der Waals surface area contributed by atoms with Gasteiger partial charge in [0.05, 0.1) is 32.5 Å². The first kappa shape index (κ1) is 15.8. The van der Waals surface area contributed by atoms with Crippen molar-refractivity contribution in [2.45, 2.75) is 32.4 Å². The molecule has 4 nitrogen and oxygen atoms in total. The number of likely N-dealkylation sites (N-methyl/N-ethyl adjacent to an activating group) is 1. The number of ether oxygens (including phenoxy) is 3. The normalized spacial score (nSPS) is 13.2. The Balaban J connectivity index is 2.95. The summed E-state index contributed by atoms with van der Waals surface area (Å²) in [5, 5.41) is 3.26. The second-order valence-electron chi connectivity index (χ2n) is 5.37. The molecule has 1 aromatic carbocycles. The van der Waals surface area contributed by atoms with E-state index in [1.165, 1.54) is 0 Å². The molecule has 0 heterocycles. The maximum absolute atomic E-state index is 5.85. The molecule has 0 saturated heterocycles. The lowest BCUT2D eigenvalue weighted by atomic mass is 10.1. The predicted octanol–water partition coefficient (Wildman–Crippen LogP) is 2.78. The van der Waals surface area contributed by atoms with Crippen molar-refractivity contribution in [1.29, 1.82) is 0 Å². The summed E-state index contributed by atoms with van der Waals surface area (Å²) in [6, 6.07) is 5.84. The lowest BCUT2D eigenvalue weighted by Gasteiger charge is -2.25. The summed E-state index contributed by atoms with van der Waals surface area (Å²) in [5.74, 6) is 1.64. The number of hydrogen-bond donors (Lipinski definition) is 1. The first-order chi connectivity index (χ1) is 8.91. The van der Waals surface area contributed by atoms with Crippen molar-refractivity contribution in [2.75, 3.05) is 27.9 Å². The molecule has 0 fully saturated rings. The third-order valence-corrected chi connectivity index (χ3v) is 2.84. The highest BCUT2D eigenvalue weighted by molar-refractivity contribution is 5.42. The van der Waals surface area contributed by atoms with Gasteiger partial charge in [-0.1, -0.05) is 0 Å². The van der Waals surface area contributed by atoms with Gasteiger partial charge in [0.1, 0.15) is 11.5 Å². The summed E-state index contributed by atoms with van der Waals surface area (Å²) in [4.78, 5) is 0. The van der Waals surface area contributed by atoms with Gasteiger partial charge in [-0.15, -0.1) is 0 Å². The molecule has 1 aromatic rings. The van der Waals surface area contributed by atoms with E-state index >= 15 is 0 Å². The SMILES string of the molecule is CNC(COC(C)(C)C)c1cc(OC)ccc1OC. The smallest absolute Gasteiger partial charge is 0.123 e. The van der Waals surface area contributed by atoms with Crippen molar-refractivity contribution in [3.05, 3.63) is 23.8 Å². The minimum atomic E-state index is -0.165. The van der Waals surface area contributed by atoms with E-state index in [9.17, 15) is 0 Å². The number of benzene rings is 1. The molecule has 4 heteroatoms. The van der Waals surface area contributed by atoms with Gasteiger partial charge in [0.15, 0.2) is 0 Å². The van der Waals surface area contributed by atoms with E-state index in [1.54, 1.807) is 14.2 Å². The zero-order valence-corrected chi connectivity index (χ0v) is 12.7. The van der Waals surface area contributed by atoms with Crippen LogP contribution in [0.2, 0.25) is 0 Å². The van der Waals surface area contributed by atoms with Gasteiger partial charge in [-0.3, -0.25) is 0 Å². The minimum Gasteiger partial charge on any atom is -0.497 e. The van der Waals surface area contributed by atoms with Crippen molar-refractivity contribution >= 4 is 0 Å². The monoisotopic (exact) mass is 267 g/mol. The zero-order valence-electron chi connectivity index (χ0n) is 12.7. The molecule has 0 saturated carbocycles. The molecule has 0 aliphatic carbocycles. The highest BCUT2D eigenvalue weighted by Crippen LogP contribution is 2.30. The molecule has 0 bridgehead atoms. The van der Waals surface area contributed by atoms with Gasteiger partial charge in [-0.05, 0) is 46.0 Å². The Morgan fingerprint density at radius 3 is 2.32 bits per heavy atom. The van der Waals surface area contributed by atoms with Crippen LogP contribution in [0.4, 0.5) is 0 Å². The Kier molecular flexibility index (Phi) is 5.63. The van der Waals surface area contributed by atoms with Crippen LogP contribution in [0.5, 0.6) is 11.5 Å². The van der Waals surface area contributed by atoms with Crippen LogP contribution in [-0.4, -0.2) is 33.5 Å². The zero-order chi connectivity index (χ0) is 14.5. The Bertz CT molecular complexity index is 399. The molecule has 0 aliphatic rings. The fourth-order valence-corrected chi connectivity index (χ4v) is 1.77. The van der Waals surface area contributed by atoms with E-state index in [0.29, 0.717) is 6.61 Å². The molecule has 0 aromatic heterocycles. The highest BCUT2D eigenvalue weighted by atomic mass is 16.5. The van der Waals surface area contributed by atoms with E-state index in [1.807, 2.05) is 46.0 Å². The highest BCUT2D eigenvalue weighted by Gasteiger charge is 2.19. The fraction of sp³-hybridized carbons (Fsp3) is 0.600. The van der Waals surface area contributed by atoms with E-state index in [-0.39, 0.29) is 11.6 Å². The Hall–Kier alpha value is -1.26. The van der Waals surface area contributed by atoms with Crippen molar-refractivity contribution in [2.24, 2.45) is 0 Å². The van der Waals surface area contributed by atoms with Crippen LogP contribution in [0.1, 0.15) is 32.4 Å². The van der Waals surface area contributed by atoms with Gasteiger partial charge < -0.3 is 19.5 Å². The molecule has 0 aliphatic heterocycles. The number of methoxy groups -OCH3 is 2. The Morgan fingerprint density at radius 1 is 1.16 bits per heavy atom. The second kappa shape index (κ2) is 6.78. The lowest BCUT2D eigenvalue weighted by Crippen LogP contribution is -2.28. The maximum Gasteiger partial charge on any atom is 0.123 e. The largest absolute Gasteiger partial charge is 0.497 e. The molecular weight excluding hydrogens is 242 g/mol. The Morgan fingerprint density at radius 2 is 1.84 bits per heavy atom. The summed E-state index contributed by atoms with van der Waals surface area (Å²) in [7, 11) is 5.24. The first-order valence-electron chi connectivity index (χ1n) is 6.44. The third-order valence-electron chi connectivity index (χ3n) is 2.84. The average Bonchev–Trinajstić information content (AvgIpc) is 2.38. The second-order valence-corrected chi connectivity index (χ2v) is 5.37. The topological polar surface area (TPSA) is 39.7 Å². The fourth-order valence-electron chi connectivity index (χ4n) is 1.77. The number of hydrogen-bond acceptors (Lipinski definition) is 4. The molecule has 0 radical (unpaired) electrons. The molecule has 1 rings (SSSR count). The molecular formula is C15H25NO3. The summed E-state index contributed by atoms with van der Waals surface area (Å²) in [5.41, 5.74) is 0.870. The summed E-state index contributed by atoms with van der Waals surface area (Å²) < 4.78 is 16.5. The van der Waals surface area contributed by atoms with Crippen molar-refractivity contribution in [3.8, 4) is 11.5 Å². The maximum atomic E-state index is 5.85. The Labute approximate surface area is 116 Å². The third kappa shape index (κ3) is 4.73. The summed E-state index contributed by atoms with van der Waals surface area (Å²) in [6.45, 7) is 6.71. The van der Waals surface area contributed by atoms with Gasteiger partial charge in [0.25, 0.3) is 0 Å². The standard InChI is InChI=1S/C15H25NO3/c1-15(2,3)19-10-13(16-4)12-9-11(17-5)7-8-14(12)18-6/h7-9,13,16H,10H2,1-6H3. The number of nitrogens with one attached hydrogen (secondary N) is 1. The molecule has 1 unspecified atom stereocenters. The number of rotatable bonds is 6. The average molecular weight is 267 g/mol. The van der Waals surface area contributed by atoms with E-state index in [2.05, 4.69) is 5.32 Å². The van der Waals surface area contributed by atoms with Gasteiger partial charge in [-0.25, -0.2) is 0 Å². The molecule has 1 N–H and O–H groups in total. The van der Waals surface area contributed by atoms with Crippen LogP contribution in [0.15, 0.2) is 18.2 Å². The van der Waals surface area contributed by atoms with Crippen molar-refractivity contribution in [1.82, 2.24) is 5.32 Å². The van der Waals surface area contributed by atoms with Crippen LogP contribution in [-0.2, 0) is 4.74 Å². The van der Waals surface area contributed by atoms with Gasteiger partial charge in [0, 0.05) is 5.56 Å². The molecule has 19 heavy (non-hydrogen) atoms. The minimum absolute atomic E-state index is 0.0595. The van der Waals surface area contributed by atoms with Crippen LogP contribution >= 0.6 is 0 Å². The summed E-state index contributed by atoms with van der Waals surface area (Å²) in [6.07, 6.45) is 0. The van der Waals surface area contributed by atoms with Crippen LogP contribution in [0.3, 0.4) is 0 Å². The van der Waals surface area contributed by atoms with E-state index < -0.39 is 0 Å². The molecule has 0 spiro atoms. The van der Waals surface area contributed by atoms with Crippen LogP contribution in [0.25, 0.3) is 0 Å². The summed E-state index contributed by atoms with van der Waals surface area (Å²) >= 11 is 0. The molecule has 108 valence electrons. The van der Waals surface area contributed by atoms with E-state index in [4.69, 9.17) is 14.2 Å².